The first-order valence-corrected chi connectivity index (χ1v) is 8.16. The maximum absolute atomic E-state index is 11.0. The standard InChI is InChI=1S/C13H24N2O2S/c1-2-18(16,17)15-13-11-9-7-5-3-4-6-8-10-12-14/h2,15H,1,3-11,13H2. The summed E-state index contributed by atoms with van der Waals surface area (Å²) < 4.78 is 24.5. The van der Waals surface area contributed by atoms with E-state index < -0.39 is 10.0 Å². The maximum atomic E-state index is 11.0. The molecule has 0 unspecified atom stereocenters. The van der Waals surface area contributed by atoms with E-state index in [9.17, 15) is 8.42 Å². The minimum Gasteiger partial charge on any atom is -0.212 e. The SMILES string of the molecule is C=CS(=O)(=O)NCCCCCCCCCCC#N. The molecule has 0 atom stereocenters. The van der Waals surface area contributed by atoms with Crippen LogP contribution >= 0.6 is 0 Å². The van der Waals surface area contributed by atoms with Crippen molar-refractivity contribution in [1.82, 2.24) is 4.72 Å². The third-order valence-electron chi connectivity index (χ3n) is 2.74. The Balaban J connectivity index is 3.17. The topological polar surface area (TPSA) is 70.0 Å². The molecule has 104 valence electrons. The molecule has 0 aliphatic carbocycles. The third kappa shape index (κ3) is 11.6. The van der Waals surface area contributed by atoms with Crippen molar-refractivity contribution in [3.05, 3.63) is 12.0 Å². The van der Waals surface area contributed by atoms with Crippen LogP contribution in [0.1, 0.15) is 57.8 Å². The minimum absolute atomic E-state index is 0.497. The molecule has 0 aliphatic rings. The summed E-state index contributed by atoms with van der Waals surface area (Å²) in [6, 6.07) is 2.15. The van der Waals surface area contributed by atoms with Crippen molar-refractivity contribution in [3.63, 3.8) is 0 Å². The van der Waals surface area contributed by atoms with Gasteiger partial charge in [0.05, 0.1) is 6.07 Å². The van der Waals surface area contributed by atoms with Crippen LogP contribution in [0, 0.1) is 11.3 Å². The Morgan fingerprint density at radius 2 is 1.50 bits per heavy atom. The molecule has 0 aromatic carbocycles. The first-order valence-electron chi connectivity index (χ1n) is 6.61. The molecule has 0 amide bonds. The van der Waals surface area contributed by atoms with E-state index in [1.165, 1.54) is 19.3 Å². The van der Waals surface area contributed by atoms with Gasteiger partial charge in [0.25, 0.3) is 0 Å². The van der Waals surface area contributed by atoms with Gasteiger partial charge in [-0.25, -0.2) is 13.1 Å². The van der Waals surface area contributed by atoms with Crippen LogP contribution in [0.5, 0.6) is 0 Å². The molecular weight excluding hydrogens is 248 g/mol. The van der Waals surface area contributed by atoms with Gasteiger partial charge in [-0.05, 0) is 12.8 Å². The summed E-state index contributed by atoms with van der Waals surface area (Å²) in [7, 11) is -3.24. The molecule has 0 bridgehead atoms. The lowest BCUT2D eigenvalue weighted by atomic mass is 10.1. The van der Waals surface area contributed by atoms with E-state index in [0.29, 0.717) is 13.0 Å². The normalized spacial score (nSPS) is 11.1. The predicted octanol–water partition coefficient (Wildman–Crippen LogP) is 3.08. The van der Waals surface area contributed by atoms with Gasteiger partial charge in [-0.15, -0.1) is 0 Å². The monoisotopic (exact) mass is 272 g/mol. The van der Waals surface area contributed by atoms with Crippen molar-refractivity contribution in [2.45, 2.75) is 57.8 Å². The smallest absolute Gasteiger partial charge is 0.212 e. The molecule has 0 radical (unpaired) electrons. The van der Waals surface area contributed by atoms with Crippen LogP contribution in [-0.2, 0) is 10.0 Å². The van der Waals surface area contributed by atoms with Crippen LogP contribution in [0.2, 0.25) is 0 Å². The molecule has 0 aromatic heterocycles. The summed E-state index contributed by atoms with van der Waals surface area (Å²) in [5.41, 5.74) is 0. The quantitative estimate of drug-likeness (QED) is 0.555. The van der Waals surface area contributed by atoms with Crippen LogP contribution < -0.4 is 4.72 Å². The molecule has 0 aliphatic heterocycles. The van der Waals surface area contributed by atoms with Crippen LogP contribution in [0.25, 0.3) is 0 Å². The lowest BCUT2D eigenvalue weighted by Crippen LogP contribution is -2.21. The van der Waals surface area contributed by atoms with Crippen molar-refractivity contribution < 1.29 is 8.42 Å². The van der Waals surface area contributed by atoms with Gasteiger partial charge in [0.15, 0.2) is 0 Å². The fraction of sp³-hybridized carbons (Fsp3) is 0.769. The molecule has 18 heavy (non-hydrogen) atoms. The zero-order chi connectivity index (χ0) is 13.7. The van der Waals surface area contributed by atoms with Crippen molar-refractivity contribution in [1.29, 1.82) is 5.26 Å². The van der Waals surface area contributed by atoms with Gasteiger partial charge in [-0.2, -0.15) is 5.26 Å². The second kappa shape index (κ2) is 11.2. The molecule has 1 N–H and O–H groups in total. The molecule has 0 aromatic rings. The van der Waals surface area contributed by atoms with Gasteiger partial charge in [0, 0.05) is 18.4 Å². The Hall–Kier alpha value is -0.860. The second-order valence-corrected chi connectivity index (χ2v) is 6.05. The molecule has 5 heteroatoms. The largest absolute Gasteiger partial charge is 0.233 e. The molecule has 0 spiro atoms. The highest BCUT2D eigenvalue weighted by Crippen LogP contribution is 2.09. The number of sulfonamides is 1. The fourth-order valence-electron chi connectivity index (χ4n) is 1.66. The zero-order valence-corrected chi connectivity index (χ0v) is 11.8. The van der Waals surface area contributed by atoms with Crippen molar-refractivity contribution in [3.8, 4) is 6.07 Å². The summed E-state index contributed by atoms with van der Waals surface area (Å²) in [5.74, 6) is 0. The van der Waals surface area contributed by atoms with Gasteiger partial charge in [0.2, 0.25) is 10.0 Å². The number of nitriles is 1. The average molecular weight is 272 g/mol. The molecular formula is C13H24N2O2S. The number of nitrogens with one attached hydrogen (secondary N) is 1. The minimum atomic E-state index is -3.24. The highest BCUT2D eigenvalue weighted by molar-refractivity contribution is 7.92. The second-order valence-electron chi connectivity index (χ2n) is 4.34. The highest BCUT2D eigenvalue weighted by atomic mass is 32.2. The van der Waals surface area contributed by atoms with Gasteiger partial charge in [-0.1, -0.05) is 45.1 Å². The Kier molecular flexibility index (Phi) is 10.7. The van der Waals surface area contributed by atoms with E-state index in [4.69, 9.17) is 5.26 Å². The summed E-state index contributed by atoms with van der Waals surface area (Å²) in [6.07, 6.45) is 9.51. The van der Waals surface area contributed by atoms with Crippen molar-refractivity contribution >= 4 is 10.0 Å². The predicted molar refractivity (Wildman–Crippen MR) is 74.3 cm³/mol. The van der Waals surface area contributed by atoms with Crippen LogP contribution in [0.15, 0.2) is 12.0 Å². The Labute approximate surface area is 111 Å². The summed E-state index contributed by atoms with van der Waals surface area (Å²) in [5, 5.41) is 9.30. The summed E-state index contributed by atoms with van der Waals surface area (Å²) in [4.78, 5) is 0. The highest BCUT2D eigenvalue weighted by Gasteiger charge is 2.01. The third-order valence-corrected chi connectivity index (χ3v) is 3.78. The first-order chi connectivity index (χ1) is 8.62. The molecule has 0 fully saturated rings. The number of hydrogen-bond donors (Lipinski definition) is 1. The van der Waals surface area contributed by atoms with E-state index in [0.717, 1.165) is 37.5 Å². The van der Waals surface area contributed by atoms with E-state index in [-0.39, 0.29) is 0 Å². The van der Waals surface area contributed by atoms with Gasteiger partial charge in [-0.3, -0.25) is 0 Å². The molecule has 4 nitrogen and oxygen atoms in total. The van der Waals surface area contributed by atoms with E-state index in [2.05, 4.69) is 17.4 Å². The van der Waals surface area contributed by atoms with Gasteiger partial charge in [0.1, 0.15) is 0 Å². The Bertz CT molecular complexity index is 344. The van der Waals surface area contributed by atoms with E-state index in [1.807, 2.05) is 0 Å². The fourth-order valence-corrected chi connectivity index (χ4v) is 2.21. The van der Waals surface area contributed by atoms with Crippen molar-refractivity contribution in [2.24, 2.45) is 0 Å². The lowest BCUT2D eigenvalue weighted by molar-refractivity contribution is 0.560. The van der Waals surface area contributed by atoms with Gasteiger partial charge < -0.3 is 0 Å². The lowest BCUT2D eigenvalue weighted by Gasteiger charge is -2.03. The molecule has 0 heterocycles. The van der Waals surface area contributed by atoms with Gasteiger partial charge >= 0.3 is 0 Å². The first kappa shape index (κ1) is 17.1. The van der Waals surface area contributed by atoms with Crippen LogP contribution in [0.4, 0.5) is 0 Å². The number of nitrogens with zero attached hydrogens (tertiary/aromatic N) is 1. The molecule has 0 rings (SSSR count). The number of hydrogen-bond acceptors (Lipinski definition) is 3. The zero-order valence-electron chi connectivity index (χ0n) is 11.0. The number of rotatable bonds is 12. The average Bonchev–Trinajstić information content (AvgIpc) is 2.36. The molecule has 0 saturated carbocycles. The summed E-state index contributed by atoms with van der Waals surface area (Å²) in [6.45, 7) is 3.73. The van der Waals surface area contributed by atoms with E-state index >= 15 is 0 Å². The summed E-state index contributed by atoms with van der Waals surface area (Å²) >= 11 is 0. The van der Waals surface area contributed by atoms with Crippen LogP contribution in [-0.4, -0.2) is 15.0 Å². The van der Waals surface area contributed by atoms with Crippen LogP contribution in [0.3, 0.4) is 0 Å². The van der Waals surface area contributed by atoms with E-state index in [1.54, 1.807) is 0 Å². The Morgan fingerprint density at radius 1 is 1.00 bits per heavy atom. The number of unbranched alkanes of at least 4 members (excludes halogenated alkanes) is 8. The maximum Gasteiger partial charge on any atom is 0.233 e. The molecule has 0 saturated heterocycles. The van der Waals surface area contributed by atoms with Crippen molar-refractivity contribution in [2.75, 3.05) is 6.54 Å². The Morgan fingerprint density at radius 3 is 2.00 bits per heavy atom.